The highest BCUT2D eigenvalue weighted by molar-refractivity contribution is 5.67. The first-order valence-electron chi connectivity index (χ1n) is 9.26. The molecular weight excluding hydrogens is 288 g/mol. The van der Waals surface area contributed by atoms with E-state index in [1.165, 1.54) is 25.7 Å². The SMILES string of the molecule is CCC(CNC(=O)OC(C)(C)C)NC1CCCCC1C(C)(C)C. The number of carbonyl (C=O) groups is 1. The van der Waals surface area contributed by atoms with E-state index >= 15 is 0 Å². The summed E-state index contributed by atoms with van der Waals surface area (Å²) in [6.45, 7) is 15.5. The first kappa shape index (κ1) is 20.3. The Morgan fingerprint density at radius 3 is 2.26 bits per heavy atom. The molecule has 23 heavy (non-hydrogen) atoms. The van der Waals surface area contributed by atoms with Gasteiger partial charge in [0.2, 0.25) is 0 Å². The monoisotopic (exact) mass is 326 g/mol. The van der Waals surface area contributed by atoms with Crippen molar-refractivity contribution in [2.24, 2.45) is 11.3 Å². The Kier molecular flexibility index (Phi) is 7.37. The van der Waals surface area contributed by atoms with E-state index in [0.29, 0.717) is 30.0 Å². The van der Waals surface area contributed by atoms with Crippen LogP contribution in [0.15, 0.2) is 0 Å². The molecule has 0 saturated heterocycles. The Bertz CT molecular complexity index is 369. The molecule has 4 nitrogen and oxygen atoms in total. The van der Waals surface area contributed by atoms with E-state index in [1.54, 1.807) is 0 Å². The highest BCUT2D eigenvalue weighted by atomic mass is 16.6. The maximum atomic E-state index is 11.8. The number of rotatable bonds is 5. The third-order valence-electron chi connectivity index (χ3n) is 4.71. The maximum absolute atomic E-state index is 11.8. The number of hydrogen-bond acceptors (Lipinski definition) is 3. The molecule has 3 unspecified atom stereocenters. The predicted molar refractivity (Wildman–Crippen MR) is 96.7 cm³/mol. The van der Waals surface area contributed by atoms with E-state index < -0.39 is 5.60 Å². The van der Waals surface area contributed by atoms with Crippen LogP contribution >= 0.6 is 0 Å². The molecule has 1 fully saturated rings. The van der Waals surface area contributed by atoms with Crippen LogP contribution in [0.2, 0.25) is 0 Å². The van der Waals surface area contributed by atoms with E-state index in [0.717, 1.165) is 6.42 Å². The lowest BCUT2D eigenvalue weighted by Gasteiger charge is -2.42. The van der Waals surface area contributed by atoms with Crippen molar-refractivity contribution in [2.45, 2.75) is 98.3 Å². The lowest BCUT2D eigenvalue weighted by molar-refractivity contribution is 0.0516. The smallest absolute Gasteiger partial charge is 0.407 e. The Morgan fingerprint density at radius 2 is 1.74 bits per heavy atom. The van der Waals surface area contributed by atoms with E-state index in [2.05, 4.69) is 38.3 Å². The van der Waals surface area contributed by atoms with Crippen molar-refractivity contribution in [1.82, 2.24) is 10.6 Å². The molecule has 1 aliphatic carbocycles. The van der Waals surface area contributed by atoms with Crippen molar-refractivity contribution in [1.29, 1.82) is 0 Å². The quantitative estimate of drug-likeness (QED) is 0.783. The molecule has 0 heterocycles. The second-order valence-electron chi connectivity index (χ2n) is 9.02. The molecule has 2 N–H and O–H groups in total. The molecule has 0 bridgehead atoms. The van der Waals surface area contributed by atoms with Crippen LogP contribution in [0.4, 0.5) is 4.79 Å². The minimum absolute atomic E-state index is 0.301. The van der Waals surface area contributed by atoms with Crippen LogP contribution in [0.3, 0.4) is 0 Å². The fraction of sp³-hybridized carbons (Fsp3) is 0.947. The molecule has 1 rings (SSSR count). The minimum atomic E-state index is -0.445. The molecule has 3 atom stereocenters. The molecule has 1 aliphatic rings. The van der Waals surface area contributed by atoms with Gasteiger partial charge < -0.3 is 15.4 Å². The first-order valence-corrected chi connectivity index (χ1v) is 9.26. The molecule has 0 aliphatic heterocycles. The predicted octanol–water partition coefficient (Wildman–Crippen LogP) is 4.48. The van der Waals surface area contributed by atoms with Gasteiger partial charge in [-0.1, -0.05) is 40.5 Å². The summed E-state index contributed by atoms with van der Waals surface area (Å²) in [5.74, 6) is 0.701. The molecule has 136 valence electrons. The average molecular weight is 327 g/mol. The summed E-state index contributed by atoms with van der Waals surface area (Å²) in [4.78, 5) is 11.8. The molecule has 0 spiro atoms. The Labute approximate surface area is 143 Å². The molecule has 0 radical (unpaired) electrons. The average Bonchev–Trinajstić information content (AvgIpc) is 2.40. The standard InChI is InChI=1S/C19H38N2O2/c1-8-14(13-20-17(22)23-19(5,6)7)21-16-12-10-9-11-15(16)18(2,3)4/h14-16,21H,8-13H2,1-7H3,(H,20,22). The molecule has 4 heteroatoms. The molecule has 0 aromatic carbocycles. The summed E-state index contributed by atoms with van der Waals surface area (Å²) in [5.41, 5.74) is -0.116. The number of carbonyl (C=O) groups excluding carboxylic acids is 1. The van der Waals surface area contributed by atoms with Crippen molar-refractivity contribution in [3.05, 3.63) is 0 Å². The van der Waals surface area contributed by atoms with Crippen LogP contribution in [0, 0.1) is 11.3 Å². The van der Waals surface area contributed by atoms with Crippen LogP contribution in [0.1, 0.15) is 80.6 Å². The lowest BCUT2D eigenvalue weighted by Crippen LogP contribution is -2.51. The summed E-state index contributed by atoms with van der Waals surface area (Å²) in [6.07, 6.45) is 5.87. The molecule has 1 amide bonds. The number of amides is 1. The van der Waals surface area contributed by atoms with Crippen LogP contribution in [0.25, 0.3) is 0 Å². The van der Waals surface area contributed by atoms with Crippen molar-refractivity contribution in [3.63, 3.8) is 0 Å². The van der Waals surface area contributed by atoms with E-state index in [4.69, 9.17) is 4.74 Å². The summed E-state index contributed by atoms with van der Waals surface area (Å²) in [5, 5.41) is 6.72. The fourth-order valence-electron chi connectivity index (χ4n) is 3.51. The van der Waals surface area contributed by atoms with Crippen molar-refractivity contribution >= 4 is 6.09 Å². The van der Waals surface area contributed by atoms with Crippen LogP contribution in [0.5, 0.6) is 0 Å². The van der Waals surface area contributed by atoms with E-state index in [9.17, 15) is 4.79 Å². The van der Waals surface area contributed by atoms with Gasteiger partial charge in [0.15, 0.2) is 0 Å². The highest BCUT2D eigenvalue weighted by Gasteiger charge is 2.34. The summed E-state index contributed by atoms with van der Waals surface area (Å²) in [6, 6.07) is 0.851. The number of ether oxygens (including phenoxy) is 1. The van der Waals surface area contributed by atoms with Gasteiger partial charge in [-0.2, -0.15) is 0 Å². The highest BCUT2D eigenvalue weighted by Crippen LogP contribution is 2.38. The minimum Gasteiger partial charge on any atom is -0.444 e. The zero-order valence-electron chi connectivity index (χ0n) is 16.3. The van der Waals surface area contributed by atoms with E-state index in [1.807, 2.05) is 20.8 Å². The largest absolute Gasteiger partial charge is 0.444 e. The lowest BCUT2D eigenvalue weighted by atomic mass is 9.69. The molecular formula is C19H38N2O2. The zero-order valence-corrected chi connectivity index (χ0v) is 16.3. The second-order valence-corrected chi connectivity index (χ2v) is 9.02. The van der Waals surface area contributed by atoms with Gasteiger partial charge in [-0.15, -0.1) is 0 Å². The number of nitrogens with one attached hydrogen (secondary N) is 2. The van der Waals surface area contributed by atoms with Gasteiger partial charge in [-0.05, 0) is 51.4 Å². The second kappa shape index (κ2) is 8.36. The van der Waals surface area contributed by atoms with Crippen LogP contribution in [-0.4, -0.2) is 30.3 Å². The summed E-state index contributed by atoms with van der Waals surface area (Å²) < 4.78 is 5.32. The summed E-state index contributed by atoms with van der Waals surface area (Å²) in [7, 11) is 0. The van der Waals surface area contributed by atoms with Crippen molar-refractivity contribution in [2.75, 3.05) is 6.54 Å². The van der Waals surface area contributed by atoms with Crippen molar-refractivity contribution < 1.29 is 9.53 Å². The molecule has 0 aromatic rings. The van der Waals surface area contributed by atoms with Gasteiger partial charge in [-0.3, -0.25) is 0 Å². The number of hydrogen-bond donors (Lipinski definition) is 2. The van der Waals surface area contributed by atoms with Crippen LogP contribution in [-0.2, 0) is 4.74 Å². The van der Waals surface area contributed by atoms with Gasteiger partial charge in [-0.25, -0.2) is 4.79 Å². The summed E-state index contributed by atoms with van der Waals surface area (Å²) >= 11 is 0. The first-order chi connectivity index (χ1) is 10.5. The zero-order chi connectivity index (χ0) is 17.7. The third kappa shape index (κ3) is 7.56. The van der Waals surface area contributed by atoms with Gasteiger partial charge >= 0.3 is 6.09 Å². The maximum Gasteiger partial charge on any atom is 0.407 e. The Hall–Kier alpha value is -0.770. The Morgan fingerprint density at radius 1 is 1.13 bits per heavy atom. The Balaban J connectivity index is 2.52. The van der Waals surface area contributed by atoms with Crippen molar-refractivity contribution in [3.8, 4) is 0 Å². The van der Waals surface area contributed by atoms with Gasteiger partial charge in [0.1, 0.15) is 5.60 Å². The van der Waals surface area contributed by atoms with Gasteiger partial charge in [0, 0.05) is 18.6 Å². The third-order valence-corrected chi connectivity index (χ3v) is 4.71. The van der Waals surface area contributed by atoms with Gasteiger partial charge in [0.05, 0.1) is 0 Å². The topological polar surface area (TPSA) is 50.4 Å². The van der Waals surface area contributed by atoms with E-state index in [-0.39, 0.29) is 6.09 Å². The molecule has 1 saturated carbocycles. The van der Waals surface area contributed by atoms with Gasteiger partial charge in [0.25, 0.3) is 0 Å². The normalized spacial score (nSPS) is 24.1. The fourth-order valence-corrected chi connectivity index (χ4v) is 3.51. The number of alkyl carbamates (subject to hydrolysis) is 1. The molecule has 0 aromatic heterocycles. The van der Waals surface area contributed by atoms with Crippen LogP contribution < -0.4 is 10.6 Å².